The maximum absolute atomic E-state index is 13.3. The largest absolute Gasteiger partial charge is 0.338 e. The summed E-state index contributed by atoms with van der Waals surface area (Å²) in [6.45, 7) is 7.33. The Morgan fingerprint density at radius 3 is 2.62 bits per heavy atom. The van der Waals surface area contributed by atoms with E-state index in [1.807, 2.05) is 25.1 Å². The summed E-state index contributed by atoms with van der Waals surface area (Å²) >= 11 is 0. The maximum atomic E-state index is 13.3. The lowest BCUT2D eigenvalue weighted by atomic mass is 10.0. The molecule has 128 valence electrons. The predicted octanol–water partition coefficient (Wildman–Crippen LogP) is 3.83. The van der Waals surface area contributed by atoms with Gasteiger partial charge in [-0.2, -0.15) is 0 Å². The monoisotopic (exact) mass is 328 g/mol. The number of halogens is 1. The first kappa shape index (κ1) is 18.1. The number of amides is 1. The van der Waals surface area contributed by atoms with Crippen LogP contribution in [0.3, 0.4) is 0 Å². The number of hydrogen-bond acceptors (Lipinski definition) is 2. The highest BCUT2D eigenvalue weighted by Crippen LogP contribution is 2.16. The standard InChI is InChI=1S/C20H25FN2O/c1-4-23(14-17-9-7-10-18(21)12-17)20(24)13-22-16(3)19-11-6-5-8-15(19)2/h5-12,16,22H,4,13-14H2,1-3H3. The van der Waals surface area contributed by atoms with Crippen molar-refractivity contribution in [3.63, 3.8) is 0 Å². The van der Waals surface area contributed by atoms with Gasteiger partial charge in [0, 0.05) is 19.1 Å². The Morgan fingerprint density at radius 1 is 1.21 bits per heavy atom. The van der Waals surface area contributed by atoms with Gasteiger partial charge in [-0.1, -0.05) is 36.4 Å². The fourth-order valence-corrected chi connectivity index (χ4v) is 2.77. The summed E-state index contributed by atoms with van der Waals surface area (Å²) in [7, 11) is 0. The first-order valence-electron chi connectivity index (χ1n) is 8.32. The molecule has 1 unspecified atom stereocenters. The summed E-state index contributed by atoms with van der Waals surface area (Å²) in [5, 5.41) is 3.29. The molecule has 2 aromatic carbocycles. The smallest absolute Gasteiger partial charge is 0.236 e. The zero-order chi connectivity index (χ0) is 17.5. The molecule has 2 rings (SSSR count). The zero-order valence-corrected chi connectivity index (χ0v) is 14.6. The number of carbonyl (C=O) groups is 1. The van der Waals surface area contributed by atoms with Crippen molar-refractivity contribution < 1.29 is 9.18 Å². The minimum absolute atomic E-state index is 0.0159. The highest BCUT2D eigenvalue weighted by molar-refractivity contribution is 5.78. The molecule has 1 amide bonds. The number of aryl methyl sites for hydroxylation is 1. The summed E-state index contributed by atoms with van der Waals surface area (Å²) in [6, 6.07) is 14.6. The van der Waals surface area contributed by atoms with Gasteiger partial charge in [-0.3, -0.25) is 4.79 Å². The molecule has 2 aromatic rings. The molecular weight excluding hydrogens is 303 g/mol. The molecule has 0 aliphatic rings. The fourth-order valence-electron chi connectivity index (χ4n) is 2.77. The summed E-state index contributed by atoms with van der Waals surface area (Å²) in [5.41, 5.74) is 3.20. The summed E-state index contributed by atoms with van der Waals surface area (Å²) in [6.07, 6.45) is 0. The van der Waals surface area contributed by atoms with Crippen LogP contribution in [0, 0.1) is 12.7 Å². The van der Waals surface area contributed by atoms with Crippen LogP contribution in [0.5, 0.6) is 0 Å². The molecule has 1 N–H and O–H groups in total. The van der Waals surface area contributed by atoms with E-state index in [0.717, 1.165) is 5.56 Å². The van der Waals surface area contributed by atoms with Crippen LogP contribution < -0.4 is 5.32 Å². The lowest BCUT2D eigenvalue weighted by Crippen LogP contribution is -2.38. The number of nitrogens with one attached hydrogen (secondary N) is 1. The van der Waals surface area contributed by atoms with Gasteiger partial charge in [0.2, 0.25) is 5.91 Å². The second-order valence-electron chi connectivity index (χ2n) is 6.00. The topological polar surface area (TPSA) is 32.3 Å². The number of nitrogens with zero attached hydrogens (tertiary/aromatic N) is 1. The van der Waals surface area contributed by atoms with E-state index >= 15 is 0 Å². The SMILES string of the molecule is CCN(Cc1cccc(F)c1)C(=O)CNC(C)c1ccccc1C. The van der Waals surface area contributed by atoms with Crippen LogP contribution in [-0.2, 0) is 11.3 Å². The van der Waals surface area contributed by atoms with Crippen molar-refractivity contribution in [2.45, 2.75) is 33.4 Å². The van der Waals surface area contributed by atoms with Crippen LogP contribution in [-0.4, -0.2) is 23.9 Å². The second-order valence-corrected chi connectivity index (χ2v) is 6.00. The Bertz CT molecular complexity index is 687. The Balaban J connectivity index is 1.93. The average Bonchev–Trinajstić information content (AvgIpc) is 2.57. The Kier molecular flexibility index (Phi) is 6.50. The Labute approximate surface area is 143 Å². The van der Waals surface area contributed by atoms with Crippen molar-refractivity contribution in [3.8, 4) is 0 Å². The molecule has 0 fully saturated rings. The number of rotatable bonds is 7. The van der Waals surface area contributed by atoms with Crippen LogP contribution in [0.1, 0.15) is 36.6 Å². The van der Waals surface area contributed by atoms with E-state index in [9.17, 15) is 9.18 Å². The number of carbonyl (C=O) groups excluding carboxylic acids is 1. The minimum Gasteiger partial charge on any atom is -0.338 e. The number of likely N-dealkylation sites (N-methyl/N-ethyl adjacent to an activating group) is 1. The van der Waals surface area contributed by atoms with Crippen LogP contribution in [0.2, 0.25) is 0 Å². The van der Waals surface area contributed by atoms with Crippen molar-refractivity contribution in [1.82, 2.24) is 10.2 Å². The van der Waals surface area contributed by atoms with E-state index in [1.54, 1.807) is 11.0 Å². The Morgan fingerprint density at radius 2 is 1.96 bits per heavy atom. The molecule has 0 radical (unpaired) electrons. The molecule has 0 heterocycles. The molecule has 24 heavy (non-hydrogen) atoms. The first-order valence-corrected chi connectivity index (χ1v) is 8.32. The molecule has 0 spiro atoms. The van der Waals surface area contributed by atoms with Crippen LogP contribution in [0.25, 0.3) is 0 Å². The maximum Gasteiger partial charge on any atom is 0.236 e. The molecule has 0 aromatic heterocycles. The van der Waals surface area contributed by atoms with Gasteiger partial charge in [-0.05, 0) is 49.6 Å². The molecule has 0 saturated heterocycles. The molecule has 0 aliphatic heterocycles. The average molecular weight is 328 g/mol. The number of benzene rings is 2. The Hall–Kier alpha value is -2.20. The van der Waals surface area contributed by atoms with Crippen molar-refractivity contribution in [1.29, 1.82) is 0 Å². The molecule has 1 atom stereocenters. The lowest BCUT2D eigenvalue weighted by molar-refractivity contribution is -0.130. The van der Waals surface area contributed by atoms with E-state index in [0.29, 0.717) is 13.1 Å². The molecule has 0 saturated carbocycles. The van der Waals surface area contributed by atoms with E-state index in [4.69, 9.17) is 0 Å². The second kappa shape index (κ2) is 8.60. The summed E-state index contributed by atoms with van der Waals surface area (Å²) < 4.78 is 13.3. The fraction of sp³-hybridized carbons (Fsp3) is 0.350. The minimum atomic E-state index is -0.276. The van der Waals surface area contributed by atoms with Crippen LogP contribution in [0.4, 0.5) is 4.39 Å². The van der Waals surface area contributed by atoms with Gasteiger partial charge < -0.3 is 10.2 Å². The third kappa shape index (κ3) is 4.90. The van der Waals surface area contributed by atoms with Gasteiger partial charge in [-0.15, -0.1) is 0 Å². The summed E-state index contributed by atoms with van der Waals surface area (Å²) in [4.78, 5) is 14.2. The third-order valence-corrected chi connectivity index (χ3v) is 4.21. The summed E-state index contributed by atoms with van der Waals surface area (Å²) in [5.74, 6) is -0.260. The molecule has 0 bridgehead atoms. The van der Waals surface area contributed by atoms with Crippen molar-refractivity contribution in [3.05, 3.63) is 71.0 Å². The van der Waals surface area contributed by atoms with Crippen molar-refractivity contribution in [2.24, 2.45) is 0 Å². The van der Waals surface area contributed by atoms with E-state index in [-0.39, 0.29) is 24.3 Å². The first-order chi connectivity index (χ1) is 11.5. The third-order valence-electron chi connectivity index (χ3n) is 4.21. The quantitative estimate of drug-likeness (QED) is 0.838. The van der Waals surface area contributed by atoms with Gasteiger partial charge in [0.25, 0.3) is 0 Å². The normalized spacial score (nSPS) is 12.0. The van der Waals surface area contributed by atoms with Crippen LogP contribution in [0.15, 0.2) is 48.5 Å². The van der Waals surface area contributed by atoms with E-state index < -0.39 is 0 Å². The van der Waals surface area contributed by atoms with E-state index in [2.05, 4.69) is 31.3 Å². The van der Waals surface area contributed by atoms with E-state index in [1.165, 1.54) is 23.3 Å². The van der Waals surface area contributed by atoms with Gasteiger partial charge in [0.05, 0.1) is 6.54 Å². The lowest BCUT2D eigenvalue weighted by Gasteiger charge is -2.23. The van der Waals surface area contributed by atoms with Crippen LogP contribution >= 0.6 is 0 Å². The van der Waals surface area contributed by atoms with Gasteiger partial charge in [0.1, 0.15) is 5.82 Å². The predicted molar refractivity (Wildman–Crippen MR) is 95.1 cm³/mol. The van der Waals surface area contributed by atoms with Gasteiger partial charge in [0.15, 0.2) is 0 Å². The number of hydrogen-bond donors (Lipinski definition) is 1. The zero-order valence-electron chi connectivity index (χ0n) is 14.6. The van der Waals surface area contributed by atoms with Gasteiger partial charge >= 0.3 is 0 Å². The highest BCUT2D eigenvalue weighted by atomic mass is 19.1. The molecule has 0 aliphatic carbocycles. The molecule has 4 heteroatoms. The molecule has 3 nitrogen and oxygen atoms in total. The van der Waals surface area contributed by atoms with Crippen molar-refractivity contribution >= 4 is 5.91 Å². The molecular formula is C20H25FN2O. The van der Waals surface area contributed by atoms with Gasteiger partial charge in [-0.25, -0.2) is 4.39 Å². The van der Waals surface area contributed by atoms with Crippen molar-refractivity contribution in [2.75, 3.05) is 13.1 Å². The highest BCUT2D eigenvalue weighted by Gasteiger charge is 2.15.